The van der Waals surface area contributed by atoms with E-state index >= 15 is 0 Å². The predicted octanol–water partition coefficient (Wildman–Crippen LogP) is 6.64. The van der Waals surface area contributed by atoms with Gasteiger partial charge in [0.1, 0.15) is 12.7 Å². The summed E-state index contributed by atoms with van der Waals surface area (Å²) < 4.78 is 4.16. The molecule has 0 radical (unpaired) electrons. The first-order valence-electron chi connectivity index (χ1n) is 20.8. The Balaban J connectivity index is 0.000000149. The topological polar surface area (TPSA) is 150 Å². The highest BCUT2D eigenvalue weighted by molar-refractivity contribution is 6.18. The number of nitrogens with one attached hydrogen (secondary N) is 1. The first kappa shape index (κ1) is 43.1. The smallest absolute Gasteiger partial charge is 0.254 e. The number of hydrogen-bond acceptors (Lipinski definition) is 10. The van der Waals surface area contributed by atoms with Gasteiger partial charge in [-0.15, -0.1) is 11.6 Å². The van der Waals surface area contributed by atoms with Gasteiger partial charge >= 0.3 is 0 Å². The van der Waals surface area contributed by atoms with Crippen molar-refractivity contribution in [1.29, 1.82) is 0 Å². The fraction of sp³-hybridized carbons (Fsp3) is 0.348. The predicted molar refractivity (Wildman–Crippen MR) is 235 cm³/mol. The van der Waals surface area contributed by atoms with Crippen molar-refractivity contribution in [2.75, 3.05) is 64.8 Å². The largest absolute Gasteiger partial charge is 0.337 e. The lowest BCUT2D eigenvalue weighted by atomic mass is 9.98. The molecule has 6 heterocycles. The molecule has 4 aliphatic rings. The van der Waals surface area contributed by atoms with E-state index in [1.807, 2.05) is 83.1 Å². The Kier molecular flexibility index (Phi) is 15.2. The summed E-state index contributed by atoms with van der Waals surface area (Å²) >= 11 is 5.77. The third-order valence-corrected chi connectivity index (χ3v) is 11.5. The second kappa shape index (κ2) is 21.5. The van der Waals surface area contributed by atoms with Crippen LogP contribution in [0.4, 0.5) is 0 Å². The molecule has 2 saturated heterocycles. The number of aromatic nitrogens is 4. The van der Waals surface area contributed by atoms with Crippen LogP contribution in [-0.4, -0.2) is 121 Å². The van der Waals surface area contributed by atoms with Crippen LogP contribution in [-0.2, 0) is 22.6 Å². The molecule has 3 N–H and O–H groups in total. The standard InChI is InChI=1S/C22H24N4O.C18H16ClN3O.C4H9N.C2H2O4/c27-22-19-8-7-18(26-16-23-20-5-1-2-6-21(20)26)15-17(19)9-12-25(22)14-13-24-10-3-4-11-24;19-8-10-21-9-7-13-11-14(5-6-15(13)18(21)23)22-12-20-16-3-1-2-4-17(16)22;1-2-4-5-3-1;3-5-1-2-6-4/h1-2,5-8,15-16H,3-4,9-14H2;1-6,11-12H,7-10H2;5H,1-4H2;3-4H. The van der Waals surface area contributed by atoms with Crippen LogP contribution in [0.5, 0.6) is 0 Å². The van der Waals surface area contributed by atoms with Crippen molar-refractivity contribution < 1.29 is 29.9 Å². The number of rotatable bonds is 7. The Morgan fingerprint density at radius 2 is 1.11 bits per heavy atom. The number of carbonyl (C=O) groups is 2. The van der Waals surface area contributed by atoms with Crippen molar-refractivity contribution in [3.8, 4) is 23.6 Å². The minimum absolute atomic E-state index is 0.0777. The van der Waals surface area contributed by atoms with Crippen molar-refractivity contribution in [2.24, 2.45) is 0 Å². The number of hydrogen-bond donors (Lipinski definition) is 3. The second-order valence-corrected chi connectivity index (χ2v) is 15.4. The van der Waals surface area contributed by atoms with Gasteiger partial charge < -0.3 is 20.0 Å². The summed E-state index contributed by atoms with van der Waals surface area (Å²) in [5.74, 6) is 0.728. The molecule has 0 bridgehead atoms. The van der Waals surface area contributed by atoms with Crippen LogP contribution in [0.2, 0.25) is 0 Å². The molecule has 10 rings (SSSR count). The van der Waals surface area contributed by atoms with Crippen molar-refractivity contribution in [3.05, 3.63) is 120 Å². The average Bonchev–Trinajstić information content (AvgIpc) is 4.16. The molecule has 14 nitrogen and oxygen atoms in total. The molecule has 0 saturated carbocycles. The van der Waals surface area contributed by atoms with Gasteiger partial charge in [-0.2, -0.15) is 10.5 Å². The number of likely N-dealkylation sites (tertiary alicyclic amines) is 1. The molecule has 4 aromatic carbocycles. The van der Waals surface area contributed by atoms with E-state index in [4.69, 9.17) is 22.1 Å². The van der Waals surface area contributed by atoms with Gasteiger partial charge in [0, 0.05) is 61.1 Å². The highest BCUT2D eigenvalue weighted by Gasteiger charge is 2.26. The lowest BCUT2D eigenvalue weighted by Crippen LogP contribution is -2.42. The summed E-state index contributed by atoms with van der Waals surface area (Å²) in [5.41, 5.74) is 10.1. The van der Waals surface area contributed by atoms with Gasteiger partial charge in [0.05, 0.1) is 22.1 Å². The van der Waals surface area contributed by atoms with Gasteiger partial charge in [-0.25, -0.2) is 9.97 Å². The van der Waals surface area contributed by atoms with E-state index in [0.29, 0.717) is 12.4 Å². The number of nitrogens with zero attached hydrogens (tertiary/aromatic N) is 7. The van der Waals surface area contributed by atoms with E-state index in [9.17, 15) is 9.59 Å². The van der Waals surface area contributed by atoms with E-state index in [0.717, 1.165) is 94.7 Å². The Labute approximate surface area is 360 Å². The molecule has 6 aromatic rings. The van der Waals surface area contributed by atoms with Crippen molar-refractivity contribution in [3.63, 3.8) is 0 Å². The summed E-state index contributed by atoms with van der Waals surface area (Å²) in [4.78, 5) is 46.9. The van der Waals surface area contributed by atoms with Crippen LogP contribution in [0.3, 0.4) is 0 Å². The van der Waals surface area contributed by atoms with E-state index in [1.165, 1.54) is 64.1 Å². The molecule has 15 heteroatoms. The molecular formula is C46H51ClN8O6. The van der Waals surface area contributed by atoms with E-state index in [2.05, 4.69) is 63.4 Å². The summed E-state index contributed by atoms with van der Waals surface area (Å²) in [5, 5.41) is 17.9. The minimum atomic E-state index is 0.0777. The normalized spacial score (nSPS) is 15.7. The quantitative estimate of drug-likeness (QED) is 0.0692. The molecular weight excluding hydrogens is 796 g/mol. The molecule has 0 unspecified atom stereocenters. The zero-order valence-corrected chi connectivity index (χ0v) is 34.8. The number of benzene rings is 4. The minimum Gasteiger partial charge on any atom is -0.337 e. The monoisotopic (exact) mass is 846 g/mol. The zero-order chi connectivity index (χ0) is 42.4. The number of para-hydroxylation sites is 4. The first-order valence-corrected chi connectivity index (χ1v) is 21.3. The lowest BCUT2D eigenvalue weighted by molar-refractivity contribution is -0.188. The van der Waals surface area contributed by atoms with E-state index < -0.39 is 0 Å². The SMILES string of the molecule is C1CCNC1.O=C1c2ccc(-n3cnc4ccccc43)cc2CCN1CCCl.O=C1c2ccc(-n3cnc4ccccc43)cc2CCN1CCN1CCCC1.OOC#COO. The molecule has 2 aromatic heterocycles. The van der Waals surface area contributed by atoms with Crippen LogP contribution in [0.15, 0.2) is 97.6 Å². The number of imidazole rings is 2. The summed E-state index contributed by atoms with van der Waals surface area (Å²) in [6.45, 7) is 8.85. The third kappa shape index (κ3) is 10.7. The Morgan fingerprint density at radius 3 is 1.57 bits per heavy atom. The summed E-state index contributed by atoms with van der Waals surface area (Å²) in [6.07, 6.45) is 13.9. The van der Waals surface area contributed by atoms with Crippen LogP contribution in [0.1, 0.15) is 57.5 Å². The Bertz CT molecular complexity index is 2450. The highest BCUT2D eigenvalue weighted by Crippen LogP contribution is 2.26. The van der Waals surface area contributed by atoms with Crippen LogP contribution >= 0.6 is 11.6 Å². The van der Waals surface area contributed by atoms with Crippen LogP contribution < -0.4 is 5.32 Å². The molecule has 4 aliphatic heterocycles. The van der Waals surface area contributed by atoms with E-state index in [-0.39, 0.29) is 11.8 Å². The van der Waals surface area contributed by atoms with E-state index in [1.54, 1.807) is 0 Å². The fourth-order valence-electron chi connectivity index (χ4n) is 8.13. The highest BCUT2D eigenvalue weighted by atomic mass is 35.5. The average molecular weight is 847 g/mol. The van der Waals surface area contributed by atoms with Crippen LogP contribution in [0, 0.1) is 12.2 Å². The molecule has 0 atom stereocenters. The van der Waals surface area contributed by atoms with Crippen LogP contribution in [0.25, 0.3) is 33.4 Å². The van der Waals surface area contributed by atoms with Gasteiger partial charge in [0.25, 0.3) is 11.8 Å². The van der Waals surface area contributed by atoms with Crippen molar-refractivity contribution >= 4 is 45.5 Å². The van der Waals surface area contributed by atoms with Crippen molar-refractivity contribution in [2.45, 2.75) is 38.5 Å². The van der Waals surface area contributed by atoms with Gasteiger partial charge in [0.2, 0.25) is 12.2 Å². The maximum Gasteiger partial charge on any atom is 0.254 e. The Hall–Kier alpha value is -5.95. The maximum absolute atomic E-state index is 12.9. The molecule has 318 valence electrons. The Morgan fingerprint density at radius 1 is 0.623 bits per heavy atom. The molecule has 61 heavy (non-hydrogen) atoms. The fourth-order valence-corrected chi connectivity index (χ4v) is 8.34. The molecule has 0 spiro atoms. The third-order valence-electron chi connectivity index (χ3n) is 11.3. The molecule has 0 aliphatic carbocycles. The maximum atomic E-state index is 12.9. The van der Waals surface area contributed by atoms with Crippen molar-refractivity contribution in [1.82, 2.24) is 39.1 Å². The summed E-state index contributed by atoms with van der Waals surface area (Å²) in [6, 6.07) is 28.3. The van der Waals surface area contributed by atoms with Gasteiger partial charge in [-0.3, -0.25) is 28.5 Å². The number of fused-ring (bicyclic) bond motifs is 4. The number of carbonyl (C=O) groups excluding carboxylic acids is 2. The summed E-state index contributed by atoms with van der Waals surface area (Å²) in [7, 11) is 0. The zero-order valence-electron chi connectivity index (χ0n) is 34.1. The molecule has 2 amide bonds. The van der Waals surface area contributed by atoms with Gasteiger partial charge in [-0.1, -0.05) is 24.3 Å². The number of amides is 2. The van der Waals surface area contributed by atoms with Gasteiger partial charge in [-0.05, 0) is 136 Å². The number of alkyl halides is 1. The number of halogens is 1. The lowest BCUT2D eigenvalue weighted by Gasteiger charge is -2.30. The second-order valence-electron chi connectivity index (χ2n) is 15.1. The van der Waals surface area contributed by atoms with Gasteiger partial charge in [0.15, 0.2) is 0 Å². The molecule has 2 fully saturated rings. The first-order chi connectivity index (χ1) is 30.0.